The van der Waals surface area contributed by atoms with Crippen LogP contribution in [0.25, 0.3) is 0 Å². The second-order valence-corrected chi connectivity index (χ2v) is 4.95. The Kier molecular flexibility index (Phi) is 4.73. The number of rotatable bonds is 5. The van der Waals surface area contributed by atoms with Crippen LogP contribution in [-0.4, -0.2) is 22.8 Å². The number of hydrogen-bond acceptors (Lipinski definition) is 6. The maximum atomic E-state index is 12.5. The van der Waals surface area contributed by atoms with Gasteiger partial charge in [0.15, 0.2) is 0 Å². The maximum Gasteiger partial charge on any atom is 0.271 e. The first-order valence-electron chi connectivity index (χ1n) is 6.86. The number of nitro groups is 2. The minimum atomic E-state index is -0.605. The molecule has 9 nitrogen and oxygen atoms in total. The van der Waals surface area contributed by atoms with Gasteiger partial charge in [0.05, 0.1) is 21.1 Å². The van der Waals surface area contributed by atoms with Crippen LogP contribution in [0.1, 0.15) is 15.9 Å². The molecule has 0 aromatic heterocycles. The molecule has 0 saturated heterocycles. The summed E-state index contributed by atoms with van der Waals surface area (Å²) in [7, 11) is 1.58. The lowest BCUT2D eigenvalue weighted by atomic mass is 10.1. The predicted molar refractivity (Wildman–Crippen MR) is 88.4 cm³/mol. The zero-order chi connectivity index (χ0) is 17.9. The van der Waals surface area contributed by atoms with Gasteiger partial charge >= 0.3 is 0 Å². The molecule has 0 atom stereocenters. The van der Waals surface area contributed by atoms with Gasteiger partial charge in [0.2, 0.25) is 0 Å². The zero-order valence-electron chi connectivity index (χ0n) is 12.9. The van der Waals surface area contributed by atoms with Crippen LogP contribution >= 0.6 is 0 Å². The molecular weight excluding hydrogens is 316 g/mol. The van der Waals surface area contributed by atoms with Gasteiger partial charge in [0.1, 0.15) is 0 Å². The Hall–Kier alpha value is -3.49. The normalized spacial score (nSPS) is 10.1. The molecule has 0 aliphatic rings. The molecule has 2 aromatic rings. The molecule has 0 saturated carbocycles. The van der Waals surface area contributed by atoms with Gasteiger partial charge < -0.3 is 10.6 Å². The molecule has 0 heterocycles. The average Bonchev–Trinajstić information content (AvgIpc) is 2.55. The molecule has 0 spiro atoms. The minimum Gasteiger partial charge on any atom is -0.387 e. The zero-order valence-corrected chi connectivity index (χ0v) is 12.9. The van der Waals surface area contributed by atoms with E-state index >= 15 is 0 Å². The Morgan fingerprint density at radius 2 is 1.54 bits per heavy atom. The van der Waals surface area contributed by atoms with E-state index in [1.807, 2.05) is 0 Å². The molecule has 1 amide bonds. The second kappa shape index (κ2) is 6.73. The predicted octanol–water partition coefficient (Wildman–Crippen LogP) is 3.11. The molecule has 2 aromatic carbocycles. The molecule has 0 fully saturated rings. The highest BCUT2D eigenvalue weighted by Gasteiger charge is 2.18. The summed E-state index contributed by atoms with van der Waals surface area (Å²) in [6.07, 6.45) is 0. The van der Waals surface area contributed by atoms with Gasteiger partial charge in [-0.05, 0) is 18.6 Å². The van der Waals surface area contributed by atoms with Crippen LogP contribution in [0.3, 0.4) is 0 Å². The molecule has 124 valence electrons. The monoisotopic (exact) mass is 330 g/mol. The number of amides is 1. The Balaban J connectivity index is 2.40. The summed E-state index contributed by atoms with van der Waals surface area (Å²) in [5.41, 5.74) is 0.977. The standard InChI is InChI=1S/C15H14N4O5/c1-9-3-4-11(19(23)24)8-14(9)17-15(20)12-7-10(18(21)22)5-6-13(12)16-2/h3-8,16H,1-2H3,(H,17,20). The Morgan fingerprint density at radius 3 is 2.12 bits per heavy atom. The first kappa shape index (κ1) is 16.9. The van der Waals surface area contributed by atoms with E-state index in [2.05, 4.69) is 10.6 Å². The summed E-state index contributed by atoms with van der Waals surface area (Å²) < 4.78 is 0. The molecule has 0 aliphatic carbocycles. The van der Waals surface area contributed by atoms with E-state index in [-0.39, 0.29) is 22.6 Å². The molecular formula is C15H14N4O5. The van der Waals surface area contributed by atoms with Crippen molar-refractivity contribution in [2.24, 2.45) is 0 Å². The molecule has 0 radical (unpaired) electrons. The Bertz CT molecular complexity index is 835. The van der Waals surface area contributed by atoms with Gasteiger partial charge in [0, 0.05) is 37.0 Å². The van der Waals surface area contributed by atoms with E-state index in [1.54, 1.807) is 14.0 Å². The first-order chi connectivity index (χ1) is 11.3. The lowest BCUT2D eigenvalue weighted by Gasteiger charge is -2.11. The molecule has 2 rings (SSSR count). The van der Waals surface area contributed by atoms with Crippen molar-refractivity contribution in [3.05, 3.63) is 67.8 Å². The third-order valence-corrected chi connectivity index (χ3v) is 3.41. The van der Waals surface area contributed by atoms with Crippen molar-refractivity contribution < 1.29 is 14.6 Å². The molecule has 2 N–H and O–H groups in total. The molecule has 0 unspecified atom stereocenters. The van der Waals surface area contributed by atoms with Crippen molar-refractivity contribution in [3.63, 3.8) is 0 Å². The number of carbonyl (C=O) groups excluding carboxylic acids is 1. The molecule has 0 bridgehead atoms. The lowest BCUT2D eigenvalue weighted by molar-refractivity contribution is -0.385. The van der Waals surface area contributed by atoms with Crippen LogP contribution in [-0.2, 0) is 0 Å². The highest BCUT2D eigenvalue weighted by molar-refractivity contribution is 6.08. The SMILES string of the molecule is CNc1ccc([N+](=O)[O-])cc1C(=O)Nc1cc([N+](=O)[O-])ccc1C. The Morgan fingerprint density at radius 1 is 0.958 bits per heavy atom. The van der Waals surface area contributed by atoms with Crippen molar-refractivity contribution >= 4 is 28.7 Å². The third kappa shape index (κ3) is 3.46. The number of carbonyl (C=O) groups is 1. The fraction of sp³-hybridized carbons (Fsp3) is 0.133. The molecule has 24 heavy (non-hydrogen) atoms. The van der Waals surface area contributed by atoms with Crippen molar-refractivity contribution in [1.29, 1.82) is 0 Å². The smallest absolute Gasteiger partial charge is 0.271 e. The van der Waals surface area contributed by atoms with E-state index in [4.69, 9.17) is 0 Å². The average molecular weight is 330 g/mol. The topological polar surface area (TPSA) is 127 Å². The number of aryl methyl sites for hydroxylation is 1. The maximum absolute atomic E-state index is 12.5. The van der Waals surface area contributed by atoms with Crippen molar-refractivity contribution in [1.82, 2.24) is 0 Å². The van der Waals surface area contributed by atoms with Crippen LogP contribution in [0.15, 0.2) is 36.4 Å². The summed E-state index contributed by atoms with van der Waals surface area (Å²) in [5.74, 6) is -0.605. The molecule has 0 aliphatic heterocycles. The van der Waals surface area contributed by atoms with Crippen molar-refractivity contribution in [3.8, 4) is 0 Å². The van der Waals surface area contributed by atoms with Crippen LogP contribution in [0.4, 0.5) is 22.7 Å². The Labute approximate surface area is 136 Å². The van der Waals surface area contributed by atoms with Crippen LogP contribution in [0.2, 0.25) is 0 Å². The number of nitro benzene ring substituents is 2. The second-order valence-electron chi connectivity index (χ2n) is 4.95. The number of nitrogens with zero attached hydrogens (tertiary/aromatic N) is 2. The highest BCUT2D eigenvalue weighted by atomic mass is 16.6. The van der Waals surface area contributed by atoms with Gasteiger partial charge in [-0.3, -0.25) is 25.0 Å². The first-order valence-corrected chi connectivity index (χ1v) is 6.86. The summed E-state index contributed by atoms with van der Waals surface area (Å²) in [4.78, 5) is 33.0. The van der Waals surface area contributed by atoms with Crippen LogP contribution < -0.4 is 10.6 Å². The van der Waals surface area contributed by atoms with Crippen molar-refractivity contribution in [2.45, 2.75) is 6.92 Å². The summed E-state index contributed by atoms with van der Waals surface area (Å²) in [5, 5.41) is 27.1. The van der Waals surface area contributed by atoms with E-state index in [9.17, 15) is 25.0 Å². The number of benzene rings is 2. The molecule has 9 heteroatoms. The van der Waals surface area contributed by atoms with Gasteiger partial charge in [-0.1, -0.05) is 6.07 Å². The number of nitrogens with one attached hydrogen (secondary N) is 2. The number of hydrogen-bond donors (Lipinski definition) is 2. The summed E-state index contributed by atoms with van der Waals surface area (Å²) >= 11 is 0. The lowest BCUT2D eigenvalue weighted by Crippen LogP contribution is -2.15. The number of non-ortho nitro benzene ring substituents is 2. The van der Waals surface area contributed by atoms with E-state index in [1.165, 1.54) is 30.3 Å². The fourth-order valence-electron chi connectivity index (χ4n) is 2.10. The van der Waals surface area contributed by atoms with E-state index in [0.717, 1.165) is 6.07 Å². The summed E-state index contributed by atoms with van der Waals surface area (Å²) in [6, 6.07) is 7.93. The van der Waals surface area contributed by atoms with Crippen LogP contribution in [0, 0.1) is 27.2 Å². The number of anilines is 2. The quantitative estimate of drug-likeness (QED) is 0.640. The van der Waals surface area contributed by atoms with Gasteiger partial charge in [-0.2, -0.15) is 0 Å². The summed E-state index contributed by atoms with van der Waals surface area (Å²) in [6.45, 7) is 1.69. The third-order valence-electron chi connectivity index (χ3n) is 3.41. The van der Waals surface area contributed by atoms with Crippen molar-refractivity contribution in [2.75, 3.05) is 17.7 Å². The fourth-order valence-corrected chi connectivity index (χ4v) is 2.10. The minimum absolute atomic E-state index is 0.0672. The largest absolute Gasteiger partial charge is 0.387 e. The van der Waals surface area contributed by atoms with Crippen LogP contribution in [0.5, 0.6) is 0 Å². The van der Waals surface area contributed by atoms with Gasteiger partial charge in [-0.15, -0.1) is 0 Å². The van der Waals surface area contributed by atoms with Gasteiger partial charge in [-0.25, -0.2) is 0 Å². The van der Waals surface area contributed by atoms with E-state index < -0.39 is 15.8 Å². The van der Waals surface area contributed by atoms with E-state index in [0.29, 0.717) is 11.3 Å². The highest BCUT2D eigenvalue weighted by Crippen LogP contribution is 2.26. The van der Waals surface area contributed by atoms with Gasteiger partial charge in [0.25, 0.3) is 17.3 Å².